The van der Waals surface area contributed by atoms with Gasteiger partial charge in [0.1, 0.15) is 0 Å². The summed E-state index contributed by atoms with van der Waals surface area (Å²) in [7, 11) is -3.33. The number of hydrogen-bond acceptors (Lipinski definition) is 3. The van der Waals surface area contributed by atoms with Crippen molar-refractivity contribution in [3.8, 4) is 0 Å². The quantitative estimate of drug-likeness (QED) is 0.584. The van der Waals surface area contributed by atoms with Gasteiger partial charge in [-0.3, -0.25) is 0 Å². The topological polar surface area (TPSA) is 54.4 Å². The monoisotopic (exact) mass is 384 g/mol. The van der Waals surface area contributed by atoms with Crippen LogP contribution in [0.2, 0.25) is 0 Å². The maximum absolute atomic E-state index is 11.3. The molecule has 0 fully saturated rings. The van der Waals surface area contributed by atoms with Crippen molar-refractivity contribution in [2.24, 2.45) is 5.41 Å². The molecule has 2 atom stereocenters. The van der Waals surface area contributed by atoms with Gasteiger partial charge in [-0.1, -0.05) is 36.7 Å². The summed E-state index contributed by atoms with van der Waals surface area (Å²) < 4.78 is 21.3. The van der Waals surface area contributed by atoms with Gasteiger partial charge in [0.2, 0.25) is 1.66 Å². The predicted molar refractivity (Wildman–Crippen MR) is 66.0 cm³/mol. The summed E-state index contributed by atoms with van der Waals surface area (Å²) in [5.74, 6) is 0. The molecule has 0 saturated carbocycles. The zero-order valence-corrected chi connectivity index (χ0v) is 12.6. The molecule has 0 bridgehead atoms. The number of aliphatic hydroxyl groups is 1. The van der Waals surface area contributed by atoms with E-state index in [9.17, 15) is 13.5 Å². The molecule has 0 unspecified atom stereocenters. The largest absolute Gasteiger partial charge is 0.389 e. The highest BCUT2D eigenvalue weighted by atomic mass is 127. The van der Waals surface area contributed by atoms with Crippen LogP contribution in [0.15, 0.2) is 0 Å². The molecular formula is C7H14BrIO3S. The van der Waals surface area contributed by atoms with Crippen molar-refractivity contribution in [2.45, 2.75) is 28.5 Å². The number of aliphatic hydroxyl groups excluding tert-OH is 1. The van der Waals surface area contributed by atoms with Crippen LogP contribution in [0, 0.1) is 5.41 Å². The Balaban J connectivity index is 5.09. The zero-order chi connectivity index (χ0) is 11.1. The summed E-state index contributed by atoms with van der Waals surface area (Å²) in [6, 6.07) is 0. The smallest absolute Gasteiger partial charge is 0.203 e. The van der Waals surface area contributed by atoms with Gasteiger partial charge in [-0.15, -0.1) is 0 Å². The van der Waals surface area contributed by atoms with Crippen molar-refractivity contribution < 1.29 is 13.5 Å². The molecule has 0 aliphatic carbocycles. The molecule has 0 aromatic carbocycles. The van der Waals surface area contributed by atoms with E-state index >= 15 is 0 Å². The molecule has 0 rings (SSSR count). The number of alkyl halides is 2. The first kappa shape index (κ1) is 14.1. The minimum atomic E-state index is -3.33. The summed E-state index contributed by atoms with van der Waals surface area (Å²) in [6.07, 6.45) is 0.138. The predicted octanol–water partition coefficient (Wildman–Crippen LogP) is 1.92. The maximum atomic E-state index is 11.3. The van der Waals surface area contributed by atoms with Crippen LogP contribution >= 0.6 is 38.5 Å². The molecule has 0 amide bonds. The van der Waals surface area contributed by atoms with Crippen molar-refractivity contribution in [1.29, 1.82) is 0 Å². The highest BCUT2D eigenvalue weighted by Gasteiger charge is 2.47. The van der Waals surface area contributed by atoms with Crippen LogP contribution in [0.25, 0.3) is 0 Å². The average Bonchev–Trinajstić information content (AvgIpc) is 1.81. The van der Waals surface area contributed by atoms with E-state index in [0.29, 0.717) is 0 Å². The second-order valence-corrected chi connectivity index (χ2v) is 12.0. The lowest BCUT2D eigenvalue weighted by atomic mass is 9.90. The van der Waals surface area contributed by atoms with E-state index in [0.717, 1.165) is 6.26 Å². The van der Waals surface area contributed by atoms with Crippen LogP contribution in [0.5, 0.6) is 0 Å². The molecule has 0 aromatic rings. The Morgan fingerprint density at radius 2 is 1.69 bits per heavy atom. The van der Waals surface area contributed by atoms with E-state index in [1.807, 2.05) is 0 Å². The van der Waals surface area contributed by atoms with E-state index in [1.54, 1.807) is 43.4 Å². The molecule has 6 heteroatoms. The van der Waals surface area contributed by atoms with Gasteiger partial charge in [-0.25, -0.2) is 8.42 Å². The average molecular weight is 385 g/mol. The van der Waals surface area contributed by atoms with Crippen LogP contribution < -0.4 is 0 Å². The summed E-state index contributed by atoms with van der Waals surface area (Å²) in [6.45, 7) is 5.37. The van der Waals surface area contributed by atoms with Crippen molar-refractivity contribution in [1.82, 2.24) is 0 Å². The molecule has 3 nitrogen and oxygen atoms in total. The lowest BCUT2D eigenvalue weighted by Crippen LogP contribution is -2.45. The second-order valence-electron chi connectivity index (χ2n) is 4.10. The first-order valence-electron chi connectivity index (χ1n) is 3.66. The molecule has 0 heterocycles. The van der Waals surface area contributed by atoms with E-state index in [2.05, 4.69) is 15.9 Å². The minimum absolute atomic E-state index is 0.478. The maximum Gasteiger partial charge on any atom is 0.203 e. The number of halogens is 2. The van der Waals surface area contributed by atoms with E-state index < -0.39 is 23.0 Å². The third-order valence-electron chi connectivity index (χ3n) is 1.63. The Labute approximate surface area is 101 Å². The van der Waals surface area contributed by atoms with Crippen LogP contribution in [-0.4, -0.2) is 27.5 Å². The first-order chi connectivity index (χ1) is 5.40. The highest BCUT2D eigenvalue weighted by Crippen LogP contribution is 2.43. The lowest BCUT2D eigenvalue weighted by Gasteiger charge is -2.34. The summed E-state index contributed by atoms with van der Waals surface area (Å²) >= 11 is 4.76. The van der Waals surface area contributed by atoms with Gasteiger partial charge < -0.3 is 5.11 Å². The Bertz CT molecular complexity index is 279. The highest BCUT2D eigenvalue weighted by molar-refractivity contribution is 14.1. The van der Waals surface area contributed by atoms with Gasteiger partial charge in [-0.05, 0) is 28.0 Å². The van der Waals surface area contributed by atoms with Crippen molar-refractivity contribution in [3.63, 3.8) is 0 Å². The molecular weight excluding hydrogens is 371 g/mol. The Morgan fingerprint density at radius 1 is 1.38 bits per heavy atom. The molecule has 13 heavy (non-hydrogen) atoms. The molecule has 0 aliphatic rings. The SMILES string of the molecule is CC(C)(C)[C@H](O)[C@@](Br)(I)S(C)(=O)=O. The van der Waals surface area contributed by atoms with Gasteiger partial charge in [0.05, 0.1) is 6.10 Å². The van der Waals surface area contributed by atoms with E-state index in [1.165, 1.54) is 0 Å². The first-order valence-corrected chi connectivity index (χ1v) is 7.42. The molecule has 0 radical (unpaired) electrons. The van der Waals surface area contributed by atoms with Crippen LogP contribution in [0.3, 0.4) is 0 Å². The molecule has 0 spiro atoms. The third kappa shape index (κ3) is 3.32. The van der Waals surface area contributed by atoms with Crippen LogP contribution in [-0.2, 0) is 9.84 Å². The molecule has 80 valence electrons. The Morgan fingerprint density at radius 3 is 1.77 bits per heavy atom. The van der Waals surface area contributed by atoms with Gasteiger partial charge in [0.25, 0.3) is 0 Å². The minimum Gasteiger partial charge on any atom is -0.389 e. The van der Waals surface area contributed by atoms with Gasteiger partial charge in [-0.2, -0.15) is 0 Å². The number of rotatable bonds is 2. The lowest BCUT2D eigenvalue weighted by molar-refractivity contribution is 0.0741. The fourth-order valence-electron chi connectivity index (χ4n) is 0.707. The molecule has 1 N–H and O–H groups in total. The summed E-state index contributed by atoms with van der Waals surface area (Å²) in [5.41, 5.74) is -0.478. The number of hydrogen-bond donors (Lipinski definition) is 1. The van der Waals surface area contributed by atoms with Gasteiger partial charge >= 0.3 is 0 Å². The van der Waals surface area contributed by atoms with Gasteiger partial charge in [0, 0.05) is 6.26 Å². The van der Waals surface area contributed by atoms with Crippen molar-refractivity contribution >= 4 is 48.4 Å². The second kappa shape index (κ2) is 3.94. The normalized spacial score (nSPS) is 20.8. The fourth-order valence-corrected chi connectivity index (χ4v) is 3.09. The Kier molecular flexibility index (Phi) is 4.28. The summed E-state index contributed by atoms with van der Waals surface area (Å²) in [5, 5.41) is 9.82. The fraction of sp³-hybridized carbons (Fsp3) is 1.00. The van der Waals surface area contributed by atoms with Crippen molar-refractivity contribution in [2.75, 3.05) is 6.26 Å². The molecule has 0 aromatic heterocycles. The van der Waals surface area contributed by atoms with Crippen LogP contribution in [0.1, 0.15) is 20.8 Å². The molecule has 0 aliphatic heterocycles. The Hall–Kier alpha value is 1.12. The van der Waals surface area contributed by atoms with Crippen molar-refractivity contribution in [3.05, 3.63) is 0 Å². The molecule has 0 saturated heterocycles. The number of sulfone groups is 1. The van der Waals surface area contributed by atoms with Crippen LogP contribution in [0.4, 0.5) is 0 Å². The summed E-state index contributed by atoms with van der Waals surface area (Å²) in [4.78, 5) is 0. The van der Waals surface area contributed by atoms with Gasteiger partial charge in [0.15, 0.2) is 9.84 Å². The third-order valence-corrected chi connectivity index (χ3v) is 8.03. The standard InChI is InChI=1S/C7H14BrIO3S/c1-6(2,3)5(10)7(8,9)13(4,11)12/h5,10H,1-4H3/t5-,7+/m0/s1. The van der Waals surface area contributed by atoms with E-state index in [-0.39, 0.29) is 0 Å². The zero-order valence-electron chi connectivity index (χ0n) is 8.01. The van der Waals surface area contributed by atoms with E-state index in [4.69, 9.17) is 0 Å².